The fourth-order valence-electron chi connectivity index (χ4n) is 1.65. The summed E-state index contributed by atoms with van der Waals surface area (Å²) in [6.45, 7) is 6.88. The van der Waals surface area contributed by atoms with Gasteiger partial charge >= 0.3 is 0 Å². The van der Waals surface area contributed by atoms with E-state index < -0.39 is 0 Å². The quantitative estimate of drug-likeness (QED) is 0.836. The Bertz CT molecular complexity index is 312. The first-order valence-electron chi connectivity index (χ1n) is 5.46. The van der Waals surface area contributed by atoms with E-state index in [1.807, 2.05) is 12.1 Å². The van der Waals surface area contributed by atoms with Gasteiger partial charge in [0.15, 0.2) is 0 Å². The van der Waals surface area contributed by atoms with Crippen LogP contribution in [0.1, 0.15) is 25.8 Å². The predicted octanol–water partition coefficient (Wildman–Crippen LogP) is 3.04. The Kier molecular flexibility index (Phi) is 4.92. The van der Waals surface area contributed by atoms with Crippen molar-refractivity contribution in [1.82, 2.24) is 0 Å². The van der Waals surface area contributed by atoms with Crippen LogP contribution < -0.4 is 10.6 Å². The van der Waals surface area contributed by atoms with Crippen molar-refractivity contribution in [2.24, 2.45) is 5.73 Å². The van der Waals surface area contributed by atoms with Crippen LogP contribution in [-0.2, 0) is 6.54 Å². The molecule has 0 radical (unpaired) electrons. The van der Waals surface area contributed by atoms with E-state index in [2.05, 4.69) is 24.8 Å². The molecule has 0 aromatic heterocycles. The number of benzene rings is 1. The van der Waals surface area contributed by atoms with Crippen molar-refractivity contribution in [2.75, 3.05) is 18.0 Å². The van der Waals surface area contributed by atoms with Gasteiger partial charge in [0.25, 0.3) is 0 Å². The van der Waals surface area contributed by atoms with Crippen LogP contribution >= 0.6 is 11.6 Å². The Morgan fingerprint density at radius 2 is 2.07 bits per heavy atom. The van der Waals surface area contributed by atoms with E-state index in [1.165, 1.54) is 0 Å². The van der Waals surface area contributed by atoms with E-state index in [0.29, 0.717) is 6.54 Å². The summed E-state index contributed by atoms with van der Waals surface area (Å²) in [6, 6.07) is 6.05. The van der Waals surface area contributed by atoms with E-state index in [0.717, 1.165) is 35.8 Å². The van der Waals surface area contributed by atoms with Crippen molar-refractivity contribution >= 4 is 17.3 Å². The van der Waals surface area contributed by atoms with Crippen molar-refractivity contribution < 1.29 is 0 Å². The molecule has 1 aromatic rings. The summed E-state index contributed by atoms with van der Waals surface area (Å²) in [6.07, 6.45) is 1.13. The van der Waals surface area contributed by atoms with Crippen LogP contribution in [0.4, 0.5) is 5.69 Å². The lowest BCUT2D eigenvalue weighted by molar-refractivity contribution is 0.791. The molecule has 0 heterocycles. The van der Waals surface area contributed by atoms with Gasteiger partial charge in [-0.1, -0.05) is 24.6 Å². The second-order valence-corrected chi connectivity index (χ2v) is 3.98. The third-order valence-corrected chi connectivity index (χ3v) is 2.77. The molecule has 0 unspecified atom stereocenters. The molecular weight excluding hydrogens is 208 g/mol. The van der Waals surface area contributed by atoms with Gasteiger partial charge in [-0.3, -0.25) is 0 Å². The summed E-state index contributed by atoms with van der Waals surface area (Å²) < 4.78 is 0. The highest BCUT2D eigenvalue weighted by molar-refractivity contribution is 6.33. The van der Waals surface area contributed by atoms with Gasteiger partial charge in [0.1, 0.15) is 0 Å². The molecule has 0 saturated carbocycles. The highest BCUT2D eigenvalue weighted by Crippen LogP contribution is 2.26. The van der Waals surface area contributed by atoms with Crippen molar-refractivity contribution in [1.29, 1.82) is 0 Å². The normalized spacial score (nSPS) is 10.4. The fraction of sp³-hybridized carbons (Fsp3) is 0.500. The molecule has 0 spiro atoms. The predicted molar refractivity (Wildman–Crippen MR) is 67.5 cm³/mol. The van der Waals surface area contributed by atoms with Gasteiger partial charge in [-0.2, -0.15) is 0 Å². The van der Waals surface area contributed by atoms with Gasteiger partial charge in [0.05, 0.1) is 10.7 Å². The first kappa shape index (κ1) is 12.3. The average Bonchev–Trinajstić information content (AvgIpc) is 2.26. The standard InChI is InChI=1S/C12H19ClN2/c1-3-7-15(4-2)12-6-5-10(9-14)8-11(12)13/h5-6,8H,3-4,7,9,14H2,1-2H3. The van der Waals surface area contributed by atoms with Crippen LogP contribution in [0.3, 0.4) is 0 Å². The number of hydrogen-bond donors (Lipinski definition) is 1. The molecule has 3 heteroatoms. The number of hydrogen-bond acceptors (Lipinski definition) is 2. The average molecular weight is 227 g/mol. The van der Waals surface area contributed by atoms with Gasteiger partial charge in [-0.25, -0.2) is 0 Å². The van der Waals surface area contributed by atoms with E-state index in [-0.39, 0.29) is 0 Å². The summed E-state index contributed by atoms with van der Waals surface area (Å²) >= 11 is 6.22. The molecule has 0 fully saturated rings. The number of anilines is 1. The molecule has 0 aliphatic heterocycles. The van der Waals surface area contributed by atoms with Gasteiger partial charge < -0.3 is 10.6 Å². The van der Waals surface area contributed by atoms with E-state index >= 15 is 0 Å². The van der Waals surface area contributed by atoms with Crippen molar-refractivity contribution in [3.05, 3.63) is 28.8 Å². The molecule has 0 aliphatic rings. The maximum Gasteiger partial charge on any atom is 0.0642 e. The second-order valence-electron chi connectivity index (χ2n) is 3.57. The van der Waals surface area contributed by atoms with Crippen LogP contribution in [0, 0.1) is 0 Å². The van der Waals surface area contributed by atoms with Crippen molar-refractivity contribution in [3.8, 4) is 0 Å². The largest absolute Gasteiger partial charge is 0.371 e. The van der Waals surface area contributed by atoms with Gasteiger partial charge in [0, 0.05) is 19.6 Å². The Balaban J connectivity index is 2.92. The van der Waals surface area contributed by atoms with Gasteiger partial charge in [0.2, 0.25) is 0 Å². The lowest BCUT2D eigenvalue weighted by Gasteiger charge is -2.23. The molecule has 0 bridgehead atoms. The molecular formula is C12H19ClN2. The summed E-state index contributed by atoms with van der Waals surface area (Å²) in [5.74, 6) is 0. The smallest absolute Gasteiger partial charge is 0.0642 e. The highest BCUT2D eigenvalue weighted by atomic mass is 35.5. The number of nitrogens with two attached hydrogens (primary N) is 1. The zero-order chi connectivity index (χ0) is 11.3. The fourth-order valence-corrected chi connectivity index (χ4v) is 1.98. The van der Waals surface area contributed by atoms with Crippen LogP contribution in [0.15, 0.2) is 18.2 Å². The molecule has 15 heavy (non-hydrogen) atoms. The van der Waals surface area contributed by atoms with Gasteiger partial charge in [-0.05, 0) is 31.0 Å². The lowest BCUT2D eigenvalue weighted by Crippen LogP contribution is -2.23. The van der Waals surface area contributed by atoms with E-state index in [9.17, 15) is 0 Å². The molecule has 0 atom stereocenters. The molecule has 0 aliphatic carbocycles. The molecule has 0 saturated heterocycles. The minimum Gasteiger partial charge on any atom is -0.371 e. The first-order valence-corrected chi connectivity index (χ1v) is 5.84. The maximum absolute atomic E-state index is 6.22. The van der Waals surface area contributed by atoms with Crippen LogP contribution in [0.25, 0.3) is 0 Å². The maximum atomic E-state index is 6.22. The number of halogens is 1. The molecule has 1 rings (SSSR count). The monoisotopic (exact) mass is 226 g/mol. The Labute approximate surface area is 97.0 Å². The molecule has 2 nitrogen and oxygen atoms in total. The molecule has 1 aromatic carbocycles. The summed E-state index contributed by atoms with van der Waals surface area (Å²) in [7, 11) is 0. The number of rotatable bonds is 5. The zero-order valence-electron chi connectivity index (χ0n) is 9.46. The van der Waals surface area contributed by atoms with Crippen LogP contribution in [0.2, 0.25) is 5.02 Å². The summed E-state index contributed by atoms with van der Waals surface area (Å²) in [4.78, 5) is 2.28. The minimum absolute atomic E-state index is 0.542. The molecule has 0 amide bonds. The van der Waals surface area contributed by atoms with Gasteiger partial charge in [-0.15, -0.1) is 0 Å². The van der Waals surface area contributed by atoms with E-state index in [1.54, 1.807) is 0 Å². The Morgan fingerprint density at radius 1 is 1.33 bits per heavy atom. The lowest BCUT2D eigenvalue weighted by atomic mass is 10.2. The Hall–Kier alpha value is -0.730. The van der Waals surface area contributed by atoms with E-state index in [4.69, 9.17) is 17.3 Å². The van der Waals surface area contributed by atoms with Crippen molar-refractivity contribution in [3.63, 3.8) is 0 Å². The topological polar surface area (TPSA) is 29.3 Å². The third-order valence-electron chi connectivity index (χ3n) is 2.46. The minimum atomic E-state index is 0.542. The second kappa shape index (κ2) is 5.99. The third kappa shape index (κ3) is 3.11. The summed E-state index contributed by atoms with van der Waals surface area (Å²) in [5.41, 5.74) is 7.75. The summed E-state index contributed by atoms with van der Waals surface area (Å²) in [5, 5.41) is 0.799. The SMILES string of the molecule is CCCN(CC)c1ccc(CN)cc1Cl. The highest BCUT2D eigenvalue weighted by Gasteiger charge is 2.07. The molecule has 84 valence electrons. The Morgan fingerprint density at radius 3 is 2.53 bits per heavy atom. The van der Waals surface area contributed by atoms with Crippen LogP contribution in [-0.4, -0.2) is 13.1 Å². The van der Waals surface area contributed by atoms with Crippen LogP contribution in [0.5, 0.6) is 0 Å². The first-order chi connectivity index (χ1) is 7.22. The molecule has 2 N–H and O–H groups in total. The van der Waals surface area contributed by atoms with Crippen molar-refractivity contribution in [2.45, 2.75) is 26.8 Å². The zero-order valence-corrected chi connectivity index (χ0v) is 10.2. The number of nitrogens with zero attached hydrogens (tertiary/aromatic N) is 1.